The Morgan fingerprint density at radius 3 is 1.15 bits per heavy atom. The van der Waals surface area contributed by atoms with Crippen molar-refractivity contribution in [3.63, 3.8) is 0 Å². The first-order chi connectivity index (χ1) is 22.5. The van der Waals surface area contributed by atoms with Crippen LogP contribution in [-0.4, -0.2) is 66.3 Å². The summed E-state index contributed by atoms with van der Waals surface area (Å²) in [6.45, 7) is -1.75. The van der Waals surface area contributed by atoms with E-state index in [1.165, 1.54) is 0 Å². The molecular formula is C31H34Cl2O12P2. The lowest BCUT2D eigenvalue weighted by Crippen LogP contribution is -2.21. The molecule has 0 saturated carbocycles. The van der Waals surface area contributed by atoms with Gasteiger partial charge in [0.05, 0.1) is 56.3 Å². The van der Waals surface area contributed by atoms with E-state index in [4.69, 9.17) is 51.0 Å². The minimum atomic E-state index is -5.16. The van der Waals surface area contributed by atoms with Crippen LogP contribution < -0.4 is 0 Å². The maximum atomic E-state index is 13.8. The van der Waals surface area contributed by atoms with Crippen molar-refractivity contribution in [2.24, 2.45) is 0 Å². The topological polar surface area (TPSA) is 161 Å². The van der Waals surface area contributed by atoms with Crippen molar-refractivity contribution >= 4 is 56.3 Å². The van der Waals surface area contributed by atoms with E-state index in [1.807, 2.05) is 0 Å². The molecule has 0 aliphatic heterocycles. The van der Waals surface area contributed by atoms with Crippen LogP contribution in [0.1, 0.15) is 50.3 Å². The zero-order valence-corrected chi connectivity index (χ0v) is 28.4. The van der Waals surface area contributed by atoms with Crippen LogP contribution in [0.5, 0.6) is 0 Å². The lowest BCUT2D eigenvalue weighted by molar-refractivity contribution is 0.0471. The third kappa shape index (κ3) is 11.9. The predicted molar refractivity (Wildman–Crippen MR) is 174 cm³/mol. The van der Waals surface area contributed by atoms with Crippen molar-refractivity contribution in [1.29, 1.82) is 0 Å². The molecule has 0 bridgehead atoms. The fraction of sp³-hybridized carbons (Fsp3) is 0.323. The summed E-state index contributed by atoms with van der Waals surface area (Å²) in [7, 11) is -10.0. The van der Waals surface area contributed by atoms with E-state index in [1.54, 1.807) is 91.0 Å². The summed E-state index contributed by atoms with van der Waals surface area (Å²) in [4.78, 5) is 47.0. The third-order valence-electron chi connectivity index (χ3n) is 6.05. The Bertz CT molecular complexity index is 1460. The highest BCUT2D eigenvalue weighted by Crippen LogP contribution is 2.80. The van der Waals surface area contributed by atoms with Crippen LogP contribution in [0.25, 0.3) is 0 Å². The van der Waals surface area contributed by atoms with Gasteiger partial charge in [-0.05, 0) is 36.4 Å². The molecule has 254 valence electrons. The molecule has 3 aromatic carbocycles. The Labute approximate surface area is 282 Å². The van der Waals surface area contributed by atoms with E-state index < -0.39 is 56.7 Å². The lowest BCUT2D eigenvalue weighted by atomic mass is 10.2. The molecule has 0 amide bonds. The number of benzene rings is 3. The molecule has 1 atom stereocenters. The van der Waals surface area contributed by atoms with Crippen LogP contribution >= 0.6 is 38.4 Å². The first kappa shape index (κ1) is 38.4. The highest BCUT2D eigenvalue weighted by molar-refractivity contribution is 7.79. The van der Waals surface area contributed by atoms with Crippen molar-refractivity contribution in [3.8, 4) is 0 Å². The first-order valence-corrected chi connectivity index (χ1v) is 18.3. The Kier molecular flexibility index (Phi) is 15.6. The highest BCUT2D eigenvalue weighted by Gasteiger charge is 2.63. The molecule has 1 unspecified atom stereocenters. The minimum Gasteiger partial charge on any atom is -0.462 e. The van der Waals surface area contributed by atoms with E-state index in [9.17, 15) is 28.4 Å². The number of hydrogen-bond donors (Lipinski definition) is 1. The number of rotatable bonds is 20. The molecule has 12 nitrogen and oxygen atoms in total. The van der Waals surface area contributed by atoms with Gasteiger partial charge >= 0.3 is 36.9 Å². The van der Waals surface area contributed by atoms with Crippen molar-refractivity contribution in [1.82, 2.24) is 0 Å². The number of halogens is 2. The number of carbonyl (C=O) groups excluding carboxylic acids is 3. The van der Waals surface area contributed by atoms with E-state index in [2.05, 4.69) is 0 Å². The molecule has 0 spiro atoms. The minimum absolute atomic E-state index is 0.00611. The van der Waals surface area contributed by atoms with E-state index >= 15 is 0 Å². The normalized spacial score (nSPS) is 12.9. The van der Waals surface area contributed by atoms with Crippen LogP contribution in [0.2, 0.25) is 0 Å². The number of carbonyl (C=O) groups is 3. The Hall–Kier alpha value is -3.05. The third-order valence-corrected chi connectivity index (χ3v) is 13.0. The predicted octanol–water partition coefficient (Wildman–Crippen LogP) is 7.24. The van der Waals surface area contributed by atoms with Gasteiger partial charge in [-0.3, -0.25) is 9.13 Å². The molecule has 47 heavy (non-hydrogen) atoms. The molecule has 16 heteroatoms. The second kappa shape index (κ2) is 19.1. The Morgan fingerprint density at radius 2 is 0.830 bits per heavy atom. The van der Waals surface area contributed by atoms with Gasteiger partial charge in [0.25, 0.3) is 0 Å². The van der Waals surface area contributed by atoms with Crippen LogP contribution in [0.4, 0.5) is 0 Å². The summed E-state index contributed by atoms with van der Waals surface area (Å²) >= 11 is 12.4. The number of hydrogen-bond acceptors (Lipinski definition) is 11. The van der Waals surface area contributed by atoms with Gasteiger partial charge in [0.1, 0.15) is 0 Å². The zero-order valence-electron chi connectivity index (χ0n) is 25.1. The number of ether oxygens (including phenoxy) is 3. The van der Waals surface area contributed by atoms with Crippen molar-refractivity contribution in [2.75, 3.05) is 39.6 Å². The van der Waals surface area contributed by atoms with E-state index in [0.29, 0.717) is 16.7 Å². The quantitative estimate of drug-likeness (QED) is 0.0408. The van der Waals surface area contributed by atoms with Gasteiger partial charge in [-0.15, -0.1) is 0 Å². The standard InChI is InChI=1S/C31H34Cl2O12P2/c32-31(33,46(37,38)43-22-10-19-40-28(34)25-13-4-1-5-14-25)47(39,44-23-11-20-41-29(35)26-15-6-2-7-16-26)45-24-12-21-42-30(36)27-17-8-3-9-18-27/h1-9,13-18H,10-12,19-24H2,(H,37,38). The Balaban J connectivity index is 1.55. The molecule has 0 aliphatic rings. The lowest BCUT2D eigenvalue weighted by Gasteiger charge is -2.31. The molecule has 0 saturated heterocycles. The highest BCUT2D eigenvalue weighted by atomic mass is 35.5. The Morgan fingerprint density at radius 1 is 0.532 bits per heavy atom. The smallest absolute Gasteiger partial charge is 0.379 e. The molecule has 3 rings (SSSR count). The zero-order chi connectivity index (χ0) is 34.2. The molecule has 0 aromatic heterocycles. The van der Waals surface area contributed by atoms with Gasteiger partial charge < -0.3 is 32.7 Å². The van der Waals surface area contributed by atoms with Gasteiger partial charge in [-0.2, -0.15) is 0 Å². The molecule has 0 aliphatic carbocycles. The largest absolute Gasteiger partial charge is 0.462 e. The molecule has 1 N–H and O–H groups in total. The average molecular weight is 731 g/mol. The summed E-state index contributed by atoms with van der Waals surface area (Å²) < 4.78 is 55.1. The van der Waals surface area contributed by atoms with Crippen molar-refractivity contribution < 1.29 is 56.2 Å². The van der Waals surface area contributed by atoms with Gasteiger partial charge in [-0.1, -0.05) is 77.8 Å². The monoisotopic (exact) mass is 730 g/mol. The van der Waals surface area contributed by atoms with Crippen LogP contribution in [-0.2, 0) is 36.9 Å². The van der Waals surface area contributed by atoms with Gasteiger partial charge in [0.2, 0.25) is 0 Å². The second-order valence-electron chi connectivity index (χ2n) is 9.59. The average Bonchev–Trinajstić information content (AvgIpc) is 3.08. The SMILES string of the molecule is O=C(OCCCOP(=O)(O)C(Cl)(Cl)P(=O)(OCCCOC(=O)c1ccccc1)OCCCOC(=O)c1ccccc1)c1ccccc1. The molecular weight excluding hydrogens is 697 g/mol. The summed E-state index contributed by atoms with van der Waals surface area (Å²) in [5.74, 6) is -1.79. The van der Waals surface area contributed by atoms with Gasteiger partial charge in [0, 0.05) is 19.3 Å². The van der Waals surface area contributed by atoms with E-state index in [-0.39, 0.29) is 39.1 Å². The molecule has 0 heterocycles. The van der Waals surface area contributed by atoms with Crippen LogP contribution in [0.3, 0.4) is 0 Å². The van der Waals surface area contributed by atoms with Crippen molar-refractivity contribution in [3.05, 3.63) is 108 Å². The fourth-order valence-corrected chi connectivity index (χ4v) is 7.92. The number of alkyl halides is 2. The van der Waals surface area contributed by atoms with Crippen LogP contribution in [0, 0.1) is 0 Å². The summed E-state index contributed by atoms with van der Waals surface area (Å²) in [5.41, 5.74) is 0.968. The molecule has 0 fully saturated rings. The molecule has 0 radical (unpaired) electrons. The van der Waals surface area contributed by atoms with E-state index in [0.717, 1.165) is 0 Å². The second-order valence-corrected chi connectivity index (χ2v) is 16.5. The summed E-state index contributed by atoms with van der Waals surface area (Å²) in [5, 5.41) is 0. The fourth-order valence-electron chi connectivity index (χ4n) is 3.63. The summed E-state index contributed by atoms with van der Waals surface area (Å²) in [6.07, 6.45) is -0.0414. The van der Waals surface area contributed by atoms with Gasteiger partial charge in [-0.25, -0.2) is 14.4 Å². The van der Waals surface area contributed by atoms with Gasteiger partial charge in [0.15, 0.2) is 0 Å². The molecule has 3 aromatic rings. The number of esters is 3. The first-order valence-electron chi connectivity index (χ1n) is 14.4. The maximum Gasteiger partial charge on any atom is 0.379 e. The maximum absolute atomic E-state index is 13.8. The van der Waals surface area contributed by atoms with Crippen molar-refractivity contribution in [2.45, 2.75) is 23.1 Å². The van der Waals surface area contributed by atoms with Crippen LogP contribution in [0.15, 0.2) is 91.0 Å². The summed E-state index contributed by atoms with van der Waals surface area (Å²) in [6, 6.07) is 24.6.